The summed E-state index contributed by atoms with van der Waals surface area (Å²) in [4.78, 5) is 17.1. The lowest BCUT2D eigenvalue weighted by Crippen LogP contribution is -2.31. The number of hydrogen-bond donors (Lipinski definition) is 1. The lowest BCUT2D eigenvalue weighted by atomic mass is 9.96. The van der Waals surface area contributed by atoms with E-state index in [9.17, 15) is 13.6 Å². The molecule has 5 atom stereocenters. The summed E-state index contributed by atoms with van der Waals surface area (Å²) in [6.45, 7) is 5.98. The minimum atomic E-state index is -0.307. The van der Waals surface area contributed by atoms with E-state index in [-0.39, 0.29) is 29.6 Å². The van der Waals surface area contributed by atoms with Crippen LogP contribution in [0.3, 0.4) is 0 Å². The summed E-state index contributed by atoms with van der Waals surface area (Å²) in [5.41, 5.74) is 2.41. The Hall–Kier alpha value is -3.28. The SMILES string of the molecule is C=C(CCc1ccc(F)cc1)NC(=O)C(C)C1[C@H]2CC(Oc3ccnc4ccc(F)cc34)C[C@@H]12. The maximum absolute atomic E-state index is 13.7. The molecule has 0 radical (unpaired) electrons. The van der Waals surface area contributed by atoms with Gasteiger partial charge in [-0.15, -0.1) is 0 Å². The summed E-state index contributed by atoms with van der Waals surface area (Å²) in [7, 11) is 0. The first-order chi connectivity index (χ1) is 16.4. The van der Waals surface area contributed by atoms with Crippen molar-refractivity contribution in [2.45, 2.75) is 38.7 Å². The Labute approximate surface area is 198 Å². The number of pyridine rings is 1. The zero-order chi connectivity index (χ0) is 23.8. The first-order valence-corrected chi connectivity index (χ1v) is 11.8. The van der Waals surface area contributed by atoms with Crippen LogP contribution in [0.1, 0.15) is 31.7 Å². The highest BCUT2D eigenvalue weighted by Gasteiger charge is 2.59. The number of benzene rings is 2. The molecule has 6 heteroatoms. The van der Waals surface area contributed by atoms with Gasteiger partial charge in [-0.3, -0.25) is 9.78 Å². The zero-order valence-electron chi connectivity index (χ0n) is 19.1. The van der Waals surface area contributed by atoms with E-state index in [0.29, 0.717) is 52.9 Å². The van der Waals surface area contributed by atoms with Crippen molar-refractivity contribution in [2.24, 2.45) is 23.7 Å². The molecule has 3 aromatic rings. The van der Waals surface area contributed by atoms with Crippen LogP contribution in [0, 0.1) is 35.3 Å². The van der Waals surface area contributed by atoms with Gasteiger partial charge in [-0.1, -0.05) is 25.6 Å². The zero-order valence-corrected chi connectivity index (χ0v) is 19.1. The number of ether oxygens (including phenoxy) is 1. The Morgan fingerprint density at radius 3 is 2.56 bits per heavy atom. The maximum atomic E-state index is 13.7. The van der Waals surface area contributed by atoms with Gasteiger partial charge in [0.1, 0.15) is 17.4 Å². The molecule has 0 saturated heterocycles. The van der Waals surface area contributed by atoms with Gasteiger partial charge in [0.05, 0.1) is 11.6 Å². The third-order valence-electron chi connectivity index (χ3n) is 7.34. The van der Waals surface area contributed by atoms with E-state index in [1.807, 2.05) is 6.92 Å². The molecule has 0 spiro atoms. The van der Waals surface area contributed by atoms with Crippen molar-refractivity contribution in [2.75, 3.05) is 0 Å². The molecule has 0 aliphatic heterocycles. The molecule has 34 heavy (non-hydrogen) atoms. The van der Waals surface area contributed by atoms with Crippen LogP contribution in [0.5, 0.6) is 5.75 Å². The van der Waals surface area contributed by atoms with E-state index in [0.717, 1.165) is 18.4 Å². The van der Waals surface area contributed by atoms with E-state index in [1.165, 1.54) is 24.3 Å². The van der Waals surface area contributed by atoms with Gasteiger partial charge in [0.2, 0.25) is 5.91 Å². The molecule has 2 aliphatic rings. The van der Waals surface area contributed by atoms with Crippen LogP contribution in [0.4, 0.5) is 8.78 Å². The molecular weight excluding hydrogens is 434 g/mol. The van der Waals surface area contributed by atoms with Gasteiger partial charge in [-0.05, 0) is 85.4 Å². The topological polar surface area (TPSA) is 51.2 Å². The Kier molecular flexibility index (Phi) is 6.07. The quantitative estimate of drug-likeness (QED) is 0.459. The largest absolute Gasteiger partial charge is 0.490 e. The summed E-state index contributed by atoms with van der Waals surface area (Å²) in [5.74, 6) is 1.33. The summed E-state index contributed by atoms with van der Waals surface area (Å²) in [6, 6.07) is 12.7. The lowest BCUT2D eigenvalue weighted by molar-refractivity contribution is -0.124. The molecule has 2 fully saturated rings. The fourth-order valence-corrected chi connectivity index (χ4v) is 5.53. The van der Waals surface area contributed by atoms with Gasteiger partial charge < -0.3 is 10.1 Å². The predicted molar refractivity (Wildman–Crippen MR) is 127 cm³/mol. The third-order valence-corrected chi connectivity index (χ3v) is 7.34. The Morgan fingerprint density at radius 1 is 1.12 bits per heavy atom. The Morgan fingerprint density at radius 2 is 1.82 bits per heavy atom. The van der Waals surface area contributed by atoms with Crippen molar-refractivity contribution < 1.29 is 18.3 Å². The molecule has 1 aromatic heterocycles. The predicted octanol–water partition coefficient (Wildman–Crippen LogP) is 5.82. The summed E-state index contributed by atoms with van der Waals surface area (Å²) < 4.78 is 33.0. The third kappa shape index (κ3) is 4.67. The normalized spacial score (nSPS) is 23.9. The van der Waals surface area contributed by atoms with Crippen molar-refractivity contribution in [3.05, 3.63) is 84.2 Å². The highest BCUT2D eigenvalue weighted by Crippen LogP contribution is 2.61. The number of nitrogens with one attached hydrogen (secondary N) is 1. The van der Waals surface area contributed by atoms with E-state index < -0.39 is 0 Å². The molecule has 1 amide bonds. The number of allylic oxidation sites excluding steroid dienone is 1. The molecule has 5 rings (SSSR count). The van der Waals surface area contributed by atoms with Crippen molar-refractivity contribution in [3.63, 3.8) is 0 Å². The lowest BCUT2D eigenvalue weighted by Gasteiger charge is -2.20. The van der Waals surface area contributed by atoms with Crippen LogP contribution in [0.25, 0.3) is 10.9 Å². The number of amides is 1. The minimum absolute atomic E-state index is 0.0107. The summed E-state index contributed by atoms with van der Waals surface area (Å²) >= 11 is 0. The number of hydrogen-bond acceptors (Lipinski definition) is 3. The van der Waals surface area contributed by atoms with Crippen LogP contribution < -0.4 is 10.1 Å². The van der Waals surface area contributed by atoms with Gasteiger partial charge in [-0.25, -0.2) is 8.78 Å². The first kappa shape index (κ1) is 22.5. The standard InChI is InChI=1S/C28H28F2N2O2/c1-16(3-4-18-5-7-19(29)8-6-18)32-28(33)17(2)27-22-14-21(15-23(22)27)34-26-11-12-31-25-10-9-20(30)13-24(25)26/h5-13,17,21-23,27H,1,3-4,14-15H2,2H3,(H,32,33)/t17?,21?,22-,23+,27?. The molecule has 1 heterocycles. The fraction of sp³-hybridized carbons (Fsp3) is 0.357. The molecule has 2 aromatic carbocycles. The summed E-state index contributed by atoms with van der Waals surface area (Å²) in [5, 5.41) is 3.65. The molecule has 3 unspecified atom stereocenters. The Bertz CT molecular complexity index is 1210. The minimum Gasteiger partial charge on any atom is -0.490 e. The van der Waals surface area contributed by atoms with Crippen molar-refractivity contribution in [3.8, 4) is 5.75 Å². The van der Waals surface area contributed by atoms with Crippen molar-refractivity contribution >= 4 is 16.8 Å². The molecule has 2 saturated carbocycles. The molecule has 4 nitrogen and oxygen atoms in total. The van der Waals surface area contributed by atoms with E-state index in [2.05, 4.69) is 16.9 Å². The van der Waals surface area contributed by atoms with Gasteiger partial charge >= 0.3 is 0 Å². The van der Waals surface area contributed by atoms with Gasteiger partial charge in [0.25, 0.3) is 0 Å². The monoisotopic (exact) mass is 462 g/mol. The summed E-state index contributed by atoms with van der Waals surface area (Å²) in [6.07, 6.45) is 4.88. The number of halogens is 2. The van der Waals surface area contributed by atoms with Crippen molar-refractivity contribution in [1.29, 1.82) is 0 Å². The average Bonchev–Trinajstić information content (AvgIpc) is 3.32. The number of aryl methyl sites for hydroxylation is 1. The highest BCUT2D eigenvalue weighted by atomic mass is 19.1. The second kappa shape index (κ2) is 9.16. The molecule has 2 aliphatic carbocycles. The second-order valence-corrected chi connectivity index (χ2v) is 9.59. The number of fused-ring (bicyclic) bond motifs is 2. The van der Waals surface area contributed by atoms with Crippen LogP contribution >= 0.6 is 0 Å². The highest BCUT2D eigenvalue weighted by molar-refractivity contribution is 5.84. The maximum Gasteiger partial charge on any atom is 0.227 e. The van der Waals surface area contributed by atoms with Gasteiger partial charge in [-0.2, -0.15) is 0 Å². The van der Waals surface area contributed by atoms with E-state index >= 15 is 0 Å². The fourth-order valence-electron chi connectivity index (χ4n) is 5.53. The van der Waals surface area contributed by atoms with Crippen LogP contribution in [0.2, 0.25) is 0 Å². The van der Waals surface area contributed by atoms with Crippen LogP contribution in [0.15, 0.2) is 67.0 Å². The van der Waals surface area contributed by atoms with Gasteiger partial charge in [0, 0.05) is 23.2 Å². The number of carbonyl (C=O) groups is 1. The number of aromatic nitrogens is 1. The van der Waals surface area contributed by atoms with Gasteiger partial charge in [0.15, 0.2) is 0 Å². The average molecular weight is 463 g/mol. The number of rotatable bonds is 8. The molecule has 0 bridgehead atoms. The molecule has 176 valence electrons. The number of nitrogens with zero attached hydrogens (tertiary/aromatic N) is 1. The van der Waals surface area contributed by atoms with E-state index in [1.54, 1.807) is 30.5 Å². The van der Waals surface area contributed by atoms with Crippen LogP contribution in [-0.4, -0.2) is 17.0 Å². The molecular formula is C28H28F2N2O2. The smallest absolute Gasteiger partial charge is 0.227 e. The Balaban J connectivity index is 1.10. The first-order valence-electron chi connectivity index (χ1n) is 11.8. The van der Waals surface area contributed by atoms with Crippen molar-refractivity contribution in [1.82, 2.24) is 10.3 Å². The van der Waals surface area contributed by atoms with Crippen LogP contribution in [-0.2, 0) is 11.2 Å². The van der Waals surface area contributed by atoms with E-state index in [4.69, 9.17) is 4.74 Å². The second-order valence-electron chi connectivity index (χ2n) is 9.59. The number of carbonyl (C=O) groups excluding carboxylic acids is 1. The molecule has 1 N–H and O–H groups in total.